The number of rotatable bonds is 6. The van der Waals surface area contributed by atoms with Crippen LogP contribution in [0.4, 0.5) is 0 Å². The average Bonchev–Trinajstić information content (AvgIpc) is 2.75. The maximum absolute atomic E-state index is 5.84. The molecule has 0 fully saturated rings. The molecular weight excluding hydrogens is 348 g/mol. The normalized spacial score (nSPS) is 11.0. The summed E-state index contributed by atoms with van der Waals surface area (Å²) in [6.07, 6.45) is 0. The summed E-state index contributed by atoms with van der Waals surface area (Å²) in [5, 5.41) is 4.50. The Hall–Kier alpha value is -2.65. The molecule has 0 amide bonds. The highest BCUT2D eigenvalue weighted by Crippen LogP contribution is 2.36. The van der Waals surface area contributed by atoms with E-state index in [0.29, 0.717) is 0 Å². The lowest BCUT2D eigenvalue weighted by Crippen LogP contribution is -2.52. The van der Waals surface area contributed by atoms with Gasteiger partial charge in [-0.05, 0) is 42.8 Å². The molecular formula is C24H26N2S. The fourth-order valence-corrected chi connectivity index (χ4v) is 3.94. The van der Waals surface area contributed by atoms with Crippen molar-refractivity contribution in [2.45, 2.75) is 19.4 Å². The Bertz CT molecular complexity index is 747. The monoisotopic (exact) mass is 374 g/mol. The van der Waals surface area contributed by atoms with Crippen LogP contribution in [0.2, 0.25) is 0 Å². The quantitative estimate of drug-likeness (QED) is 0.472. The maximum atomic E-state index is 5.84. The van der Waals surface area contributed by atoms with Crippen molar-refractivity contribution in [2.75, 3.05) is 13.1 Å². The molecule has 138 valence electrons. The highest BCUT2D eigenvalue weighted by Gasteiger charge is 2.37. The zero-order valence-corrected chi connectivity index (χ0v) is 16.7. The van der Waals surface area contributed by atoms with Gasteiger partial charge in [-0.3, -0.25) is 0 Å². The van der Waals surface area contributed by atoms with Crippen LogP contribution in [-0.2, 0) is 5.54 Å². The van der Waals surface area contributed by atoms with Gasteiger partial charge in [-0.15, -0.1) is 0 Å². The number of hydrogen-bond acceptors (Lipinski definition) is 1. The second-order valence-corrected chi connectivity index (χ2v) is 6.84. The third-order valence-corrected chi connectivity index (χ3v) is 5.33. The molecule has 3 aromatic carbocycles. The highest BCUT2D eigenvalue weighted by molar-refractivity contribution is 7.80. The smallest absolute Gasteiger partial charge is 0.170 e. The minimum atomic E-state index is -0.552. The molecule has 0 aromatic heterocycles. The van der Waals surface area contributed by atoms with E-state index in [4.69, 9.17) is 12.2 Å². The van der Waals surface area contributed by atoms with Gasteiger partial charge in [0.2, 0.25) is 0 Å². The first kappa shape index (κ1) is 19.1. The molecule has 2 nitrogen and oxygen atoms in total. The number of nitrogens with zero attached hydrogens (tertiary/aromatic N) is 1. The number of benzene rings is 3. The van der Waals surface area contributed by atoms with Gasteiger partial charge in [-0.2, -0.15) is 0 Å². The molecule has 0 unspecified atom stereocenters. The van der Waals surface area contributed by atoms with Gasteiger partial charge in [-0.25, -0.2) is 0 Å². The summed E-state index contributed by atoms with van der Waals surface area (Å²) in [6, 6.07) is 31.6. The largest absolute Gasteiger partial charge is 0.350 e. The lowest BCUT2D eigenvalue weighted by Gasteiger charge is -2.39. The van der Waals surface area contributed by atoms with E-state index in [2.05, 4.69) is 96.9 Å². The van der Waals surface area contributed by atoms with E-state index in [0.717, 1.165) is 34.9 Å². The summed E-state index contributed by atoms with van der Waals surface area (Å²) in [6.45, 7) is 6.01. The van der Waals surface area contributed by atoms with E-state index in [1.807, 2.05) is 18.2 Å². The van der Waals surface area contributed by atoms with Gasteiger partial charge in [0.25, 0.3) is 0 Å². The third-order valence-electron chi connectivity index (χ3n) is 4.97. The highest BCUT2D eigenvalue weighted by atomic mass is 32.1. The van der Waals surface area contributed by atoms with Crippen molar-refractivity contribution in [3.05, 3.63) is 108 Å². The van der Waals surface area contributed by atoms with E-state index in [1.165, 1.54) is 0 Å². The summed E-state index contributed by atoms with van der Waals surface area (Å²) in [7, 11) is 0. The number of nitrogens with one attached hydrogen (secondary N) is 1. The predicted octanol–water partition coefficient (Wildman–Crippen LogP) is 5.19. The Morgan fingerprint density at radius 2 is 1.04 bits per heavy atom. The molecule has 3 heteroatoms. The molecule has 3 rings (SSSR count). The molecule has 0 aliphatic heterocycles. The molecule has 0 saturated carbocycles. The zero-order chi connectivity index (χ0) is 19.1. The maximum Gasteiger partial charge on any atom is 0.170 e. The minimum absolute atomic E-state index is 0.552. The van der Waals surface area contributed by atoms with E-state index in [9.17, 15) is 0 Å². The molecule has 0 spiro atoms. The summed E-state index contributed by atoms with van der Waals surface area (Å²) in [5.41, 5.74) is 2.94. The fourth-order valence-electron chi connectivity index (χ4n) is 3.53. The van der Waals surface area contributed by atoms with Crippen molar-refractivity contribution in [2.24, 2.45) is 0 Å². The Balaban J connectivity index is 2.24. The molecule has 3 aromatic rings. The minimum Gasteiger partial charge on any atom is -0.350 e. The van der Waals surface area contributed by atoms with Crippen molar-refractivity contribution in [1.82, 2.24) is 10.2 Å². The number of hydrogen-bond donors (Lipinski definition) is 1. The second-order valence-electron chi connectivity index (χ2n) is 6.45. The van der Waals surface area contributed by atoms with Crippen LogP contribution in [0.15, 0.2) is 91.0 Å². The molecule has 0 radical (unpaired) electrons. The molecule has 1 N–H and O–H groups in total. The zero-order valence-electron chi connectivity index (χ0n) is 15.9. The van der Waals surface area contributed by atoms with E-state index < -0.39 is 5.54 Å². The molecule has 27 heavy (non-hydrogen) atoms. The summed E-state index contributed by atoms with van der Waals surface area (Å²) >= 11 is 5.84. The Labute approximate surface area is 167 Å². The summed E-state index contributed by atoms with van der Waals surface area (Å²) in [4.78, 5) is 2.18. The van der Waals surface area contributed by atoms with Crippen LogP contribution in [0.3, 0.4) is 0 Å². The molecule has 0 saturated heterocycles. The fraction of sp³-hybridized carbons (Fsp3) is 0.208. The van der Waals surface area contributed by atoms with Crippen molar-refractivity contribution in [1.29, 1.82) is 0 Å². The standard InChI is InChI=1S/C24H26N2S/c1-3-26(4-2)23(27)25-24(20-14-8-5-9-15-20,21-16-10-6-11-17-21)22-18-12-7-13-19-22/h5-19H,3-4H2,1-2H3,(H,25,27). The first-order valence-electron chi connectivity index (χ1n) is 9.46. The van der Waals surface area contributed by atoms with Crippen LogP contribution in [0, 0.1) is 0 Å². The van der Waals surface area contributed by atoms with Crippen LogP contribution in [0.1, 0.15) is 30.5 Å². The van der Waals surface area contributed by atoms with Gasteiger partial charge in [0, 0.05) is 13.1 Å². The van der Waals surface area contributed by atoms with Gasteiger partial charge in [0.05, 0.1) is 0 Å². The molecule has 0 atom stereocenters. The summed E-state index contributed by atoms with van der Waals surface area (Å²) in [5.74, 6) is 0. The SMILES string of the molecule is CCN(CC)C(=S)NC(c1ccccc1)(c1ccccc1)c1ccccc1. The topological polar surface area (TPSA) is 15.3 Å². The van der Waals surface area contributed by atoms with E-state index >= 15 is 0 Å². The Morgan fingerprint density at radius 3 is 1.33 bits per heavy atom. The molecule has 0 aliphatic carbocycles. The molecule has 0 aliphatic rings. The second kappa shape index (κ2) is 8.83. The summed E-state index contributed by atoms with van der Waals surface area (Å²) < 4.78 is 0. The van der Waals surface area contributed by atoms with Crippen LogP contribution in [0.5, 0.6) is 0 Å². The van der Waals surface area contributed by atoms with Crippen molar-refractivity contribution >= 4 is 17.3 Å². The van der Waals surface area contributed by atoms with Gasteiger partial charge < -0.3 is 10.2 Å². The number of thiocarbonyl (C=S) groups is 1. The van der Waals surface area contributed by atoms with Gasteiger partial charge in [-0.1, -0.05) is 91.0 Å². The van der Waals surface area contributed by atoms with Crippen LogP contribution >= 0.6 is 12.2 Å². The Morgan fingerprint density at radius 1 is 0.704 bits per heavy atom. The van der Waals surface area contributed by atoms with Crippen molar-refractivity contribution < 1.29 is 0 Å². The molecule has 0 heterocycles. The third kappa shape index (κ3) is 3.88. The van der Waals surface area contributed by atoms with Gasteiger partial charge in [0.15, 0.2) is 5.11 Å². The first-order valence-corrected chi connectivity index (χ1v) is 9.86. The molecule has 0 bridgehead atoms. The van der Waals surface area contributed by atoms with Crippen LogP contribution in [-0.4, -0.2) is 23.1 Å². The van der Waals surface area contributed by atoms with Gasteiger partial charge in [0.1, 0.15) is 5.54 Å². The first-order chi connectivity index (χ1) is 13.2. The van der Waals surface area contributed by atoms with Crippen molar-refractivity contribution in [3.8, 4) is 0 Å². The van der Waals surface area contributed by atoms with Crippen molar-refractivity contribution in [3.63, 3.8) is 0 Å². The van der Waals surface area contributed by atoms with Crippen LogP contribution in [0.25, 0.3) is 0 Å². The lowest BCUT2D eigenvalue weighted by molar-refractivity contribution is 0.432. The van der Waals surface area contributed by atoms with Gasteiger partial charge >= 0.3 is 0 Å². The Kier molecular flexibility index (Phi) is 6.25. The predicted molar refractivity (Wildman–Crippen MR) is 118 cm³/mol. The lowest BCUT2D eigenvalue weighted by atomic mass is 9.77. The van der Waals surface area contributed by atoms with E-state index in [-0.39, 0.29) is 0 Å². The van der Waals surface area contributed by atoms with E-state index in [1.54, 1.807) is 0 Å². The van der Waals surface area contributed by atoms with Crippen LogP contribution < -0.4 is 5.32 Å². The average molecular weight is 375 g/mol.